The first-order valence-electron chi connectivity index (χ1n) is 9.27. The summed E-state index contributed by atoms with van der Waals surface area (Å²) in [5, 5.41) is 11.6. The lowest BCUT2D eigenvalue weighted by Crippen LogP contribution is -2.11. The van der Waals surface area contributed by atoms with Crippen LogP contribution in [0.4, 0.5) is 5.69 Å². The lowest BCUT2D eigenvalue weighted by molar-refractivity contribution is 0.102. The zero-order valence-electron chi connectivity index (χ0n) is 15.3. The van der Waals surface area contributed by atoms with E-state index in [2.05, 4.69) is 18.3 Å². The third kappa shape index (κ3) is 6.60. The number of benzene rings is 2. The Hall–Kier alpha value is -2.80. The molecule has 2 rings (SSSR count). The molecule has 1 amide bonds. The van der Waals surface area contributed by atoms with E-state index in [1.165, 1.54) is 32.1 Å². The van der Waals surface area contributed by atoms with Crippen molar-refractivity contribution >= 4 is 11.6 Å². The van der Waals surface area contributed by atoms with Gasteiger partial charge in [0.05, 0.1) is 18.2 Å². The maximum atomic E-state index is 12.2. The van der Waals surface area contributed by atoms with Gasteiger partial charge in [0.2, 0.25) is 0 Å². The summed E-state index contributed by atoms with van der Waals surface area (Å²) in [6.45, 7) is 2.93. The zero-order valence-corrected chi connectivity index (χ0v) is 15.3. The summed E-state index contributed by atoms with van der Waals surface area (Å²) >= 11 is 0. The van der Waals surface area contributed by atoms with Gasteiger partial charge < -0.3 is 10.1 Å². The summed E-state index contributed by atoms with van der Waals surface area (Å²) in [6, 6.07) is 16.0. The molecule has 0 aromatic heterocycles. The highest BCUT2D eigenvalue weighted by atomic mass is 16.5. The van der Waals surface area contributed by atoms with Crippen molar-refractivity contribution in [2.75, 3.05) is 11.9 Å². The second kappa shape index (κ2) is 10.9. The fourth-order valence-corrected chi connectivity index (χ4v) is 2.61. The van der Waals surface area contributed by atoms with E-state index in [-0.39, 0.29) is 5.91 Å². The Morgan fingerprint density at radius 3 is 2.27 bits per heavy atom. The number of carbonyl (C=O) groups is 1. The average Bonchev–Trinajstić information content (AvgIpc) is 2.68. The average molecular weight is 350 g/mol. The van der Waals surface area contributed by atoms with Crippen LogP contribution in [0.15, 0.2) is 48.5 Å². The third-order valence-electron chi connectivity index (χ3n) is 4.15. The van der Waals surface area contributed by atoms with Crippen LogP contribution in [-0.4, -0.2) is 12.5 Å². The van der Waals surface area contributed by atoms with Gasteiger partial charge in [-0.3, -0.25) is 4.79 Å². The van der Waals surface area contributed by atoms with Crippen LogP contribution in [0.2, 0.25) is 0 Å². The molecule has 2 aromatic carbocycles. The Morgan fingerprint density at radius 1 is 0.962 bits per heavy atom. The Labute approximate surface area is 155 Å². The molecule has 0 atom stereocenters. The summed E-state index contributed by atoms with van der Waals surface area (Å²) in [4.78, 5) is 12.2. The molecular formula is C22H26N2O2. The molecule has 26 heavy (non-hydrogen) atoms. The lowest BCUT2D eigenvalue weighted by Gasteiger charge is -2.08. The largest absolute Gasteiger partial charge is 0.494 e. The van der Waals surface area contributed by atoms with E-state index >= 15 is 0 Å². The van der Waals surface area contributed by atoms with Crippen LogP contribution in [-0.2, 0) is 0 Å². The van der Waals surface area contributed by atoms with E-state index in [1.54, 1.807) is 36.4 Å². The number of hydrogen-bond donors (Lipinski definition) is 1. The fraction of sp³-hybridized carbons (Fsp3) is 0.364. The Balaban J connectivity index is 1.75. The van der Waals surface area contributed by atoms with Gasteiger partial charge in [-0.15, -0.1) is 0 Å². The number of rotatable bonds is 10. The quantitative estimate of drug-likeness (QED) is 0.571. The Kier molecular flexibility index (Phi) is 8.21. The minimum Gasteiger partial charge on any atom is -0.494 e. The topological polar surface area (TPSA) is 62.1 Å². The molecule has 4 heteroatoms. The standard InChI is InChI=1S/C22H26N2O2/c1-2-3-4-5-6-7-16-26-21-14-10-19(11-15-21)22(25)24-20-12-8-18(17-23)9-13-20/h8-15H,2-7,16H2,1H3,(H,24,25). The van der Waals surface area contributed by atoms with Crippen LogP contribution in [0.25, 0.3) is 0 Å². The molecule has 0 spiro atoms. The summed E-state index contributed by atoms with van der Waals surface area (Å²) < 4.78 is 5.73. The van der Waals surface area contributed by atoms with Gasteiger partial charge >= 0.3 is 0 Å². The molecule has 0 radical (unpaired) electrons. The van der Waals surface area contributed by atoms with E-state index in [0.717, 1.165) is 12.2 Å². The van der Waals surface area contributed by atoms with Gasteiger partial charge in [-0.1, -0.05) is 39.0 Å². The second-order valence-corrected chi connectivity index (χ2v) is 6.28. The Morgan fingerprint density at radius 2 is 1.62 bits per heavy atom. The van der Waals surface area contributed by atoms with Crippen LogP contribution in [0.1, 0.15) is 61.4 Å². The first-order chi connectivity index (χ1) is 12.7. The van der Waals surface area contributed by atoms with E-state index < -0.39 is 0 Å². The maximum Gasteiger partial charge on any atom is 0.255 e. The van der Waals surface area contributed by atoms with Crippen LogP contribution in [0, 0.1) is 11.3 Å². The van der Waals surface area contributed by atoms with Gasteiger partial charge in [-0.25, -0.2) is 0 Å². The number of carbonyl (C=O) groups excluding carboxylic acids is 1. The summed E-state index contributed by atoms with van der Waals surface area (Å²) in [5.41, 5.74) is 1.80. The van der Waals surface area contributed by atoms with Crippen molar-refractivity contribution < 1.29 is 9.53 Å². The number of nitriles is 1. The maximum absolute atomic E-state index is 12.2. The summed E-state index contributed by atoms with van der Waals surface area (Å²) in [5.74, 6) is 0.602. The molecule has 1 N–H and O–H groups in total. The van der Waals surface area contributed by atoms with Crippen LogP contribution in [0.3, 0.4) is 0 Å². The van der Waals surface area contributed by atoms with Gasteiger partial charge in [0.15, 0.2) is 0 Å². The highest BCUT2D eigenvalue weighted by Gasteiger charge is 2.06. The smallest absolute Gasteiger partial charge is 0.255 e. The van der Waals surface area contributed by atoms with Crippen molar-refractivity contribution in [3.05, 3.63) is 59.7 Å². The third-order valence-corrected chi connectivity index (χ3v) is 4.15. The molecule has 0 heterocycles. The van der Waals surface area contributed by atoms with E-state index in [9.17, 15) is 4.79 Å². The van der Waals surface area contributed by atoms with Crippen molar-refractivity contribution in [2.45, 2.75) is 45.4 Å². The van der Waals surface area contributed by atoms with Crippen LogP contribution < -0.4 is 10.1 Å². The molecule has 0 aliphatic heterocycles. The number of amides is 1. The normalized spacial score (nSPS) is 10.2. The molecule has 0 aliphatic carbocycles. The minimum atomic E-state index is -0.183. The SMILES string of the molecule is CCCCCCCCOc1ccc(C(=O)Nc2ccc(C#N)cc2)cc1. The molecule has 0 aliphatic rings. The summed E-state index contributed by atoms with van der Waals surface area (Å²) in [7, 11) is 0. The molecule has 4 nitrogen and oxygen atoms in total. The highest BCUT2D eigenvalue weighted by Crippen LogP contribution is 2.15. The lowest BCUT2D eigenvalue weighted by atomic mass is 10.1. The van der Waals surface area contributed by atoms with E-state index in [0.29, 0.717) is 23.4 Å². The molecule has 0 saturated heterocycles. The first-order valence-corrected chi connectivity index (χ1v) is 9.27. The molecule has 0 bridgehead atoms. The predicted molar refractivity (Wildman–Crippen MR) is 104 cm³/mol. The summed E-state index contributed by atoms with van der Waals surface area (Å²) in [6.07, 6.45) is 7.41. The van der Waals surface area contributed by atoms with Crippen molar-refractivity contribution in [1.29, 1.82) is 5.26 Å². The number of nitrogens with one attached hydrogen (secondary N) is 1. The fourth-order valence-electron chi connectivity index (χ4n) is 2.61. The predicted octanol–water partition coefficient (Wildman–Crippen LogP) is 5.55. The van der Waals surface area contributed by atoms with Gasteiger partial charge in [-0.05, 0) is 55.0 Å². The van der Waals surface area contributed by atoms with Crippen molar-refractivity contribution in [3.63, 3.8) is 0 Å². The van der Waals surface area contributed by atoms with Crippen molar-refractivity contribution in [2.24, 2.45) is 0 Å². The zero-order chi connectivity index (χ0) is 18.6. The monoisotopic (exact) mass is 350 g/mol. The van der Waals surface area contributed by atoms with Gasteiger partial charge in [0, 0.05) is 11.3 Å². The molecule has 136 valence electrons. The molecule has 0 unspecified atom stereocenters. The van der Waals surface area contributed by atoms with Gasteiger partial charge in [0.1, 0.15) is 5.75 Å². The van der Waals surface area contributed by atoms with Crippen molar-refractivity contribution in [3.8, 4) is 11.8 Å². The number of unbranched alkanes of at least 4 members (excludes halogenated alkanes) is 5. The Bertz CT molecular complexity index is 715. The number of hydrogen-bond acceptors (Lipinski definition) is 3. The molecular weight excluding hydrogens is 324 g/mol. The van der Waals surface area contributed by atoms with Crippen LogP contribution >= 0.6 is 0 Å². The van der Waals surface area contributed by atoms with E-state index in [4.69, 9.17) is 10.00 Å². The number of nitrogens with zero attached hydrogens (tertiary/aromatic N) is 1. The minimum absolute atomic E-state index is 0.183. The van der Waals surface area contributed by atoms with E-state index in [1.807, 2.05) is 12.1 Å². The number of ether oxygens (including phenoxy) is 1. The molecule has 0 saturated carbocycles. The van der Waals surface area contributed by atoms with Gasteiger partial charge in [0.25, 0.3) is 5.91 Å². The second-order valence-electron chi connectivity index (χ2n) is 6.28. The molecule has 2 aromatic rings. The van der Waals surface area contributed by atoms with Crippen molar-refractivity contribution in [1.82, 2.24) is 0 Å². The highest BCUT2D eigenvalue weighted by molar-refractivity contribution is 6.04. The first kappa shape index (κ1) is 19.5. The van der Waals surface area contributed by atoms with Crippen LogP contribution in [0.5, 0.6) is 5.75 Å². The van der Waals surface area contributed by atoms with Gasteiger partial charge in [-0.2, -0.15) is 5.26 Å². The molecule has 0 fully saturated rings. The number of anilines is 1.